The van der Waals surface area contributed by atoms with Crippen molar-refractivity contribution in [3.63, 3.8) is 0 Å². The lowest BCUT2D eigenvalue weighted by Crippen LogP contribution is -2.38. The van der Waals surface area contributed by atoms with Gasteiger partial charge in [0, 0.05) is 55.9 Å². The second kappa shape index (κ2) is 12.1. The van der Waals surface area contributed by atoms with E-state index in [9.17, 15) is 4.79 Å². The van der Waals surface area contributed by atoms with E-state index in [4.69, 9.17) is 0 Å². The molecule has 26 heavy (non-hydrogen) atoms. The molecular weight excluding hydrogens is 461 g/mol. The van der Waals surface area contributed by atoms with Crippen molar-refractivity contribution in [1.29, 1.82) is 0 Å². The van der Waals surface area contributed by atoms with Crippen LogP contribution >= 0.6 is 35.3 Å². The van der Waals surface area contributed by atoms with Gasteiger partial charge in [-0.3, -0.25) is 9.79 Å². The quantitative estimate of drug-likeness (QED) is 0.259. The summed E-state index contributed by atoms with van der Waals surface area (Å²) in [4.78, 5) is 21.6. The second-order valence-electron chi connectivity index (χ2n) is 5.90. The highest BCUT2D eigenvalue weighted by molar-refractivity contribution is 14.0. The summed E-state index contributed by atoms with van der Waals surface area (Å²) in [5.74, 6) is 0.807. The van der Waals surface area contributed by atoms with Gasteiger partial charge in [-0.15, -0.1) is 35.3 Å². The molecule has 2 aromatic heterocycles. The summed E-state index contributed by atoms with van der Waals surface area (Å²) < 4.78 is 1.82. The van der Waals surface area contributed by atoms with Crippen molar-refractivity contribution in [2.24, 2.45) is 4.99 Å². The Kier molecular flexibility index (Phi) is 10.5. The van der Waals surface area contributed by atoms with Crippen LogP contribution in [0.25, 0.3) is 0 Å². The van der Waals surface area contributed by atoms with Crippen LogP contribution in [0.5, 0.6) is 0 Å². The fourth-order valence-electron chi connectivity index (χ4n) is 2.54. The Morgan fingerprint density at radius 1 is 1.23 bits per heavy atom. The van der Waals surface area contributed by atoms with Crippen molar-refractivity contribution < 1.29 is 0 Å². The number of thiazole rings is 1. The van der Waals surface area contributed by atoms with Gasteiger partial charge in [0.15, 0.2) is 5.96 Å². The number of guanidine groups is 1. The lowest BCUT2D eigenvalue weighted by molar-refractivity contribution is 0.575. The first kappa shape index (κ1) is 22.6. The third-order valence-electron chi connectivity index (χ3n) is 3.89. The highest BCUT2D eigenvalue weighted by Gasteiger charge is 2.02. The number of pyridine rings is 1. The second-order valence-corrected chi connectivity index (χ2v) is 7.22. The van der Waals surface area contributed by atoms with Gasteiger partial charge < -0.3 is 15.2 Å². The number of rotatable bonds is 8. The number of aliphatic imine (C=N–C) groups is 1. The van der Waals surface area contributed by atoms with Gasteiger partial charge in [-0.05, 0) is 32.8 Å². The number of aryl methyl sites for hydroxylation is 2. The normalized spacial score (nSPS) is 11.1. The zero-order valence-corrected chi connectivity index (χ0v) is 18.8. The topological polar surface area (TPSA) is 71.3 Å². The van der Waals surface area contributed by atoms with Gasteiger partial charge in [0.25, 0.3) is 5.56 Å². The molecule has 0 aromatic carbocycles. The average Bonchev–Trinajstić information content (AvgIpc) is 3.00. The van der Waals surface area contributed by atoms with Gasteiger partial charge in [-0.1, -0.05) is 6.07 Å². The molecule has 0 spiro atoms. The molecule has 0 fully saturated rings. The van der Waals surface area contributed by atoms with Crippen molar-refractivity contribution in [3.8, 4) is 0 Å². The Morgan fingerprint density at radius 3 is 2.65 bits per heavy atom. The van der Waals surface area contributed by atoms with Crippen LogP contribution in [0.2, 0.25) is 0 Å². The van der Waals surface area contributed by atoms with Crippen LogP contribution in [0.1, 0.15) is 28.4 Å². The molecule has 2 N–H and O–H groups in total. The Labute approximate surface area is 176 Å². The highest BCUT2D eigenvalue weighted by atomic mass is 127. The van der Waals surface area contributed by atoms with E-state index in [0.717, 1.165) is 55.6 Å². The van der Waals surface area contributed by atoms with Gasteiger partial charge in [-0.25, -0.2) is 4.98 Å². The molecule has 0 saturated carbocycles. The molecule has 0 atom stereocenters. The van der Waals surface area contributed by atoms with Crippen LogP contribution in [0.4, 0.5) is 0 Å². The molecule has 0 saturated heterocycles. The fraction of sp³-hybridized carbons (Fsp3) is 0.500. The summed E-state index contributed by atoms with van der Waals surface area (Å²) in [6.45, 7) is 6.43. The minimum atomic E-state index is 0. The standard InChI is InChI=1S/C18H27N5OS.HI/c1-14-7-6-8-17(24)23(14)12-5-4-10-20-18(19-3)21-11-9-16-22-13-15(2)25-16;/h6-8,13H,4-5,9-12H2,1-3H3,(H2,19,20,21);1H. The van der Waals surface area contributed by atoms with Crippen LogP contribution in [0, 0.1) is 13.8 Å². The Bertz CT molecular complexity index is 756. The van der Waals surface area contributed by atoms with E-state index in [0.29, 0.717) is 0 Å². The van der Waals surface area contributed by atoms with E-state index in [2.05, 4.69) is 27.5 Å². The molecular formula is C18H28IN5OS. The molecule has 6 nitrogen and oxygen atoms in total. The van der Waals surface area contributed by atoms with Gasteiger partial charge in [0.05, 0.1) is 5.01 Å². The molecule has 144 valence electrons. The van der Waals surface area contributed by atoms with E-state index in [-0.39, 0.29) is 29.5 Å². The van der Waals surface area contributed by atoms with E-state index in [1.807, 2.05) is 23.8 Å². The van der Waals surface area contributed by atoms with E-state index < -0.39 is 0 Å². The molecule has 2 rings (SSSR count). The lowest BCUT2D eigenvalue weighted by Gasteiger charge is -2.12. The number of halogens is 1. The van der Waals surface area contributed by atoms with Crippen molar-refractivity contribution in [3.05, 3.63) is 50.3 Å². The van der Waals surface area contributed by atoms with Crippen LogP contribution in [0.3, 0.4) is 0 Å². The van der Waals surface area contributed by atoms with Crippen molar-refractivity contribution in [1.82, 2.24) is 20.2 Å². The Balaban J connectivity index is 0.00000338. The smallest absolute Gasteiger partial charge is 0.250 e. The summed E-state index contributed by atoms with van der Waals surface area (Å²) in [6, 6.07) is 5.38. The molecule has 0 radical (unpaired) electrons. The molecule has 0 unspecified atom stereocenters. The number of unbranched alkanes of at least 4 members (excludes halogenated alkanes) is 1. The van der Waals surface area contributed by atoms with E-state index in [1.165, 1.54) is 4.88 Å². The van der Waals surface area contributed by atoms with Crippen LogP contribution in [-0.4, -0.2) is 35.6 Å². The minimum Gasteiger partial charge on any atom is -0.356 e. The van der Waals surface area contributed by atoms with Crippen molar-refractivity contribution in [2.75, 3.05) is 20.1 Å². The predicted octanol–water partition coefficient (Wildman–Crippen LogP) is 2.73. The monoisotopic (exact) mass is 489 g/mol. The molecule has 0 aliphatic heterocycles. The van der Waals surface area contributed by atoms with Crippen LogP contribution < -0.4 is 16.2 Å². The van der Waals surface area contributed by atoms with Gasteiger partial charge in [0.1, 0.15) is 0 Å². The van der Waals surface area contributed by atoms with Gasteiger partial charge in [0.2, 0.25) is 0 Å². The summed E-state index contributed by atoms with van der Waals surface area (Å²) in [5, 5.41) is 7.76. The number of nitrogens with one attached hydrogen (secondary N) is 2. The highest BCUT2D eigenvalue weighted by Crippen LogP contribution is 2.10. The summed E-state index contributed by atoms with van der Waals surface area (Å²) in [7, 11) is 1.77. The maximum atomic E-state index is 11.8. The van der Waals surface area contributed by atoms with Crippen LogP contribution in [0.15, 0.2) is 34.2 Å². The Morgan fingerprint density at radius 2 is 2.00 bits per heavy atom. The average molecular weight is 489 g/mol. The zero-order valence-electron chi connectivity index (χ0n) is 15.6. The zero-order chi connectivity index (χ0) is 18.1. The Hall–Kier alpha value is -1.42. The molecule has 2 heterocycles. The first-order valence-corrected chi connectivity index (χ1v) is 9.44. The van der Waals surface area contributed by atoms with Crippen molar-refractivity contribution >= 4 is 41.3 Å². The first-order chi connectivity index (χ1) is 12.1. The maximum absolute atomic E-state index is 11.8. The summed E-state index contributed by atoms with van der Waals surface area (Å²) >= 11 is 1.73. The van der Waals surface area contributed by atoms with Gasteiger partial charge in [-0.2, -0.15) is 0 Å². The number of aromatic nitrogens is 2. The molecule has 0 aliphatic carbocycles. The first-order valence-electron chi connectivity index (χ1n) is 8.62. The van der Waals surface area contributed by atoms with E-state index >= 15 is 0 Å². The lowest BCUT2D eigenvalue weighted by atomic mass is 10.3. The van der Waals surface area contributed by atoms with E-state index in [1.54, 1.807) is 30.5 Å². The van der Waals surface area contributed by atoms with Crippen molar-refractivity contribution in [2.45, 2.75) is 39.7 Å². The SMILES string of the molecule is CN=C(NCCCCn1c(C)cccc1=O)NCCc1ncc(C)s1.I. The number of hydrogen-bond donors (Lipinski definition) is 2. The van der Waals surface area contributed by atoms with Gasteiger partial charge >= 0.3 is 0 Å². The predicted molar refractivity (Wildman–Crippen MR) is 120 cm³/mol. The maximum Gasteiger partial charge on any atom is 0.250 e. The molecule has 8 heteroatoms. The molecule has 2 aromatic rings. The fourth-order valence-corrected chi connectivity index (χ4v) is 3.32. The minimum absolute atomic E-state index is 0. The summed E-state index contributed by atoms with van der Waals surface area (Å²) in [6.07, 6.45) is 4.74. The third kappa shape index (κ3) is 7.45. The molecule has 0 bridgehead atoms. The largest absolute Gasteiger partial charge is 0.356 e. The summed E-state index contributed by atoms with van der Waals surface area (Å²) in [5.41, 5.74) is 1.08. The third-order valence-corrected chi connectivity index (χ3v) is 4.87. The number of hydrogen-bond acceptors (Lipinski definition) is 4. The number of nitrogens with zero attached hydrogens (tertiary/aromatic N) is 3. The molecule has 0 amide bonds. The van der Waals surface area contributed by atoms with Crippen LogP contribution in [-0.2, 0) is 13.0 Å². The molecule has 0 aliphatic rings.